The van der Waals surface area contributed by atoms with E-state index in [0.717, 1.165) is 11.3 Å². The molecule has 1 unspecified atom stereocenters. The number of anilines is 1. The fourth-order valence-corrected chi connectivity index (χ4v) is 5.16. The summed E-state index contributed by atoms with van der Waals surface area (Å²) in [6.07, 6.45) is 1.62. The van der Waals surface area contributed by atoms with E-state index < -0.39 is 23.5 Å². The highest BCUT2D eigenvalue weighted by molar-refractivity contribution is 7.22. The van der Waals surface area contributed by atoms with Crippen LogP contribution in [0.2, 0.25) is 0 Å². The van der Waals surface area contributed by atoms with Crippen LogP contribution in [0, 0.1) is 5.82 Å². The standard InChI is InChI=1S/C28H21FN2O5S/c1-3-14-36-20-11-4-16(5-12-20)24-23(25(32)17-6-9-19(35-2)10-7-17)26(33)27(34)31(24)28-30-21-13-8-18(29)15-22(21)37-28/h3-13,15,24,32H,1,14H2,2H3. The van der Waals surface area contributed by atoms with Crippen molar-refractivity contribution in [2.45, 2.75) is 6.04 Å². The summed E-state index contributed by atoms with van der Waals surface area (Å²) in [6, 6.07) is 16.5. The van der Waals surface area contributed by atoms with Crippen LogP contribution < -0.4 is 14.4 Å². The molecular formula is C28H21FN2O5S. The lowest BCUT2D eigenvalue weighted by Crippen LogP contribution is -2.29. The molecular weight excluding hydrogens is 495 g/mol. The van der Waals surface area contributed by atoms with Gasteiger partial charge in [0.2, 0.25) is 0 Å². The Morgan fingerprint density at radius 1 is 1.11 bits per heavy atom. The first kappa shape index (κ1) is 24.2. The van der Waals surface area contributed by atoms with Gasteiger partial charge in [0.05, 0.1) is 28.9 Å². The highest BCUT2D eigenvalue weighted by Gasteiger charge is 2.48. The van der Waals surface area contributed by atoms with Crippen molar-refractivity contribution in [1.29, 1.82) is 0 Å². The number of thiazole rings is 1. The van der Waals surface area contributed by atoms with Gasteiger partial charge >= 0.3 is 5.91 Å². The lowest BCUT2D eigenvalue weighted by atomic mass is 9.95. The lowest BCUT2D eigenvalue weighted by molar-refractivity contribution is -0.132. The number of nitrogens with zero attached hydrogens (tertiary/aromatic N) is 2. The van der Waals surface area contributed by atoms with Gasteiger partial charge in [-0.2, -0.15) is 0 Å². The SMILES string of the molecule is C=CCOc1ccc(C2C(=C(O)c3ccc(OC)cc3)C(=O)C(=O)N2c2nc3ccc(F)cc3s2)cc1. The molecule has 186 valence electrons. The molecule has 1 amide bonds. The minimum Gasteiger partial charge on any atom is -0.507 e. The van der Waals surface area contributed by atoms with E-state index in [2.05, 4.69) is 11.6 Å². The van der Waals surface area contributed by atoms with Crippen LogP contribution in [0.5, 0.6) is 11.5 Å². The van der Waals surface area contributed by atoms with Crippen molar-refractivity contribution in [3.8, 4) is 11.5 Å². The summed E-state index contributed by atoms with van der Waals surface area (Å²) >= 11 is 1.09. The second-order valence-corrected chi connectivity index (χ2v) is 9.18. The number of carbonyl (C=O) groups is 2. The molecule has 1 aliphatic rings. The summed E-state index contributed by atoms with van der Waals surface area (Å²) in [6.45, 7) is 3.95. The normalized spacial score (nSPS) is 16.8. The van der Waals surface area contributed by atoms with Gasteiger partial charge in [0.25, 0.3) is 5.78 Å². The highest BCUT2D eigenvalue weighted by atomic mass is 32.1. The van der Waals surface area contributed by atoms with E-state index >= 15 is 0 Å². The Kier molecular flexibility index (Phi) is 6.45. The third kappa shape index (κ3) is 4.45. The van der Waals surface area contributed by atoms with E-state index in [0.29, 0.717) is 39.4 Å². The molecule has 0 saturated carbocycles. The Balaban J connectivity index is 1.66. The van der Waals surface area contributed by atoms with Gasteiger partial charge in [-0.1, -0.05) is 36.1 Å². The molecule has 1 saturated heterocycles. The van der Waals surface area contributed by atoms with Gasteiger partial charge in [-0.25, -0.2) is 9.37 Å². The van der Waals surface area contributed by atoms with Gasteiger partial charge in [0.1, 0.15) is 29.7 Å². The number of benzene rings is 3. The van der Waals surface area contributed by atoms with E-state index in [1.54, 1.807) is 54.6 Å². The Labute approximate surface area is 215 Å². The lowest BCUT2D eigenvalue weighted by Gasteiger charge is -2.23. The number of fused-ring (bicyclic) bond motifs is 1. The molecule has 5 rings (SSSR count). The number of halogens is 1. The van der Waals surface area contributed by atoms with Crippen molar-refractivity contribution >= 4 is 44.1 Å². The first-order valence-corrected chi connectivity index (χ1v) is 12.1. The quantitative estimate of drug-likeness (QED) is 0.148. The Morgan fingerprint density at radius 3 is 2.49 bits per heavy atom. The fraction of sp³-hybridized carbons (Fsp3) is 0.107. The van der Waals surface area contributed by atoms with E-state index in [-0.39, 0.29) is 16.5 Å². The highest BCUT2D eigenvalue weighted by Crippen LogP contribution is 2.44. The molecule has 1 atom stereocenters. The Morgan fingerprint density at radius 2 is 1.81 bits per heavy atom. The van der Waals surface area contributed by atoms with E-state index in [1.165, 1.54) is 30.2 Å². The van der Waals surface area contributed by atoms with Crippen molar-refractivity contribution in [3.05, 3.63) is 102 Å². The number of methoxy groups -OCH3 is 1. The molecule has 1 aromatic heterocycles. The third-order valence-electron chi connectivity index (χ3n) is 5.92. The predicted molar refractivity (Wildman–Crippen MR) is 139 cm³/mol. The maximum Gasteiger partial charge on any atom is 0.301 e. The number of rotatable bonds is 7. The molecule has 3 aromatic carbocycles. The van der Waals surface area contributed by atoms with Gasteiger partial charge in [-0.15, -0.1) is 0 Å². The average Bonchev–Trinajstić information content (AvgIpc) is 3.45. The van der Waals surface area contributed by atoms with E-state index in [4.69, 9.17) is 9.47 Å². The maximum atomic E-state index is 13.8. The van der Waals surface area contributed by atoms with Crippen molar-refractivity contribution in [3.63, 3.8) is 0 Å². The van der Waals surface area contributed by atoms with Crippen molar-refractivity contribution in [2.24, 2.45) is 0 Å². The minimum absolute atomic E-state index is 0.0830. The number of amides is 1. The number of hydrogen-bond acceptors (Lipinski definition) is 7. The number of ketones is 1. The number of hydrogen-bond donors (Lipinski definition) is 1. The summed E-state index contributed by atoms with van der Waals surface area (Å²) in [4.78, 5) is 32.4. The molecule has 0 aliphatic carbocycles. The first-order valence-electron chi connectivity index (χ1n) is 11.3. The van der Waals surface area contributed by atoms with Gasteiger partial charge in [-0.05, 0) is 60.2 Å². The molecule has 4 aromatic rings. The van der Waals surface area contributed by atoms with Crippen LogP contribution in [0.15, 0.2) is 85.0 Å². The van der Waals surface area contributed by atoms with Crippen molar-refractivity contribution in [1.82, 2.24) is 4.98 Å². The number of aliphatic hydroxyl groups excluding tert-OH is 1. The summed E-state index contributed by atoms with van der Waals surface area (Å²) in [5.74, 6) is -1.30. The summed E-state index contributed by atoms with van der Waals surface area (Å²) < 4.78 is 25.1. The number of carbonyl (C=O) groups excluding carboxylic acids is 2. The van der Waals surface area contributed by atoms with Gasteiger partial charge in [-0.3, -0.25) is 14.5 Å². The van der Waals surface area contributed by atoms with Gasteiger partial charge < -0.3 is 14.6 Å². The molecule has 1 fully saturated rings. The summed E-state index contributed by atoms with van der Waals surface area (Å²) in [5, 5.41) is 11.5. The average molecular weight is 517 g/mol. The van der Waals surface area contributed by atoms with Crippen molar-refractivity contribution in [2.75, 3.05) is 18.6 Å². The number of Topliss-reactive ketones (excluding diaryl/α,β-unsaturated/α-hetero) is 1. The zero-order chi connectivity index (χ0) is 26.1. The predicted octanol–water partition coefficient (Wildman–Crippen LogP) is 5.64. The van der Waals surface area contributed by atoms with Crippen LogP contribution in [0.25, 0.3) is 16.0 Å². The zero-order valence-electron chi connectivity index (χ0n) is 19.7. The topological polar surface area (TPSA) is 89.0 Å². The molecule has 0 spiro atoms. The van der Waals surface area contributed by atoms with E-state index in [9.17, 15) is 19.1 Å². The molecule has 0 radical (unpaired) electrons. The van der Waals surface area contributed by atoms with Crippen LogP contribution >= 0.6 is 11.3 Å². The molecule has 2 heterocycles. The number of aliphatic hydroxyl groups is 1. The monoisotopic (exact) mass is 516 g/mol. The maximum absolute atomic E-state index is 13.8. The molecule has 7 nitrogen and oxygen atoms in total. The second-order valence-electron chi connectivity index (χ2n) is 8.17. The summed E-state index contributed by atoms with van der Waals surface area (Å²) in [7, 11) is 1.52. The van der Waals surface area contributed by atoms with E-state index in [1.807, 2.05) is 0 Å². The molecule has 1 N–H and O–H groups in total. The Bertz CT molecular complexity index is 1540. The first-order chi connectivity index (χ1) is 17.9. The molecule has 0 bridgehead atoms. The molecule has 9 heteroatoms. The zero-order valence-corrected chi connectivity index (χ0v) is 20.5. The van der Waals surface area contributed by atoms with Crippen LogP contribution in [0.1, 0.15) is 17.2 Å². The fourth-order valence-electron chi connectivity index (χ4n) is 4.14. The third-order valence-corrected chi connectivity index (χ3v) is 6.93. The molecule has 37 heavy (non-hydrogen) atoms. The minimum atomic E-state index is -0.971. The number of aromatic nitrogens is 1. The van der Waals surface area contributed by atoms with Gasteiger partial charge in [0, 0.05) is 5.56 Å². The Hall–Kier alpha value is -4.50. The summed E-state index contributed by atoms with van der Waals surface area (Å²) in [5.41, 5.74) is 1.32. The smallest absolute Gasteiger partial charge is 0.301 e. The molecule has 1 aliphatic heterocycles. The van der Waals surface area contributed by atoms with Crippen molar-refractivity contribution < 1.29 is 28.6 Å². The second kappa shape index (κ2) is 9.87. The van der Waals surface area contributed by atoms with Crippen LogP contribution in [0.4, 0.5) is 9.52 Å². The van der Waals surface area contributed by atoms with Crippen LogP contribution in [-0.4, -0.2) is 35.5 Å². The van der Waals surface area contributed by atoms with Gasteiger partial charge in [0.15, 0.2) is 5.13 Å². The number of ether oxygens (including phenoxy) is 2. The largest absolute Gasteiger partial charge is 0.507 e. The van der Waals surface area contributed by atoms with Crippen LogP contribution in [-0.2, 0) is 9.59 Å². The van der Waals surface area contributed by atoms with Crippen LogP contribution in [0.3, 0.4) is 0 Å².